The Balaban J connectivity index is 1.43. The molecule has 3 heteroatoms. The molecule has 0 bridgehead atoms. The van der Waals surface area contributed by atoms with Crippen LogP contribution in [-0.2, 0) is 11.2 Å². The molecule has 0 spiro atoms. The summed E-state index contributed by atoms with van der Waals surface area (Å²) in [7, 11) is 0. The predicted octanol–water partition coefficient (Wildman–Crippen LogP) is 3.35. The van der Waals surface area contributed by atoms with E-state index in [9.17, 15) is 4.79 Å². The fourth-order valence-electron chi connectivity index (χ4n) is 2.35. The standard InChI is InChI=1S/C16H17NOS/c18-16(9-8-12-5-2-1-3-6-12)17-14-11-13(14)15-7-4-10-19-15/h1-7,10,13-14H,8-9,11H2,(H,17,18). The molecule has 1 aliphatic rings. The molecule has 1 saturated carbocycles. The molecule has 98 valence electrons. The van der Waals surface area contributed by atoms with Crippen LogP contribution in [0.15, 0.2) is 47.8 Å². The van der Waals surface area contributed by atoms with Crippen molar-refractivity contribution >= 4 is 17.2 Å². The summed E-state index contributed by atoms with van der Waals surface area (Å²) in [5.41, 5.74) is 1.23. The lowest BCUT2D eigenvalue weighted by atomic mass is 10.1. The first-order valence-electron chi connectivity index (χ1n) is 6.69. The van der Waals surface area contributed by atoms with E-state index in [2.05, 4.69) is 35.0 Å². The van der Waals surface area contributed by atoms with Crippen LogP contribution >= 0.6 is 11.3 Å². The lowest BCUT2D eigenvalue weighted by Crippen LogP contribution is -2.26. The highest BCUT2D eigenvalue weighted by atomic mass is 32.1. The minimum absolute atomic E-state index is 0.174. The van der Waals surface area contributed by atoms with Crippen molar-refractivity contribution in [3.05, 3.63) is 58.3 Å². The van der Waals surface area contributed by atoms with Gasteiger partial charge in [-0.15, -0.1) is 11.3 Å². The van der Waals surface area contributed by atoms with E-state index in [1.54, 1.807) is 11.3 Å². The van der Waals surface area contributed by atoms with Crippen LogP contribution in [0.4, 0.5) is 0 Å². The SMILES string of the molecule is O=C(CCc1ccccc1)NC1CC1c1cccs1. The molecule has 1 aromatic heterocycles. The van der Waals surface area contributed by atoms with Crippen molar-refractivity contribution in [1.82, 2.24) is 5.32 Å². The van der Waals surface area contributed by atoms with Crippen LogP contribution in [0, 0.1) is 0 Å². The van der Waals surface area contributed by atoms with Crippen molar-refractivity contribution in [2.24, 2.45) is 0 Å². The topological polar surface area (TPSA) is 29.1 Å². The maximum atomic E-state index is 11.9. The number of hydrogen-bond acceptors (Lipinski definition) is 2. The van der Waals surface area contributed by atoms with Crippen molar-refractivity contribution < 1.29 is 4.79 Å². The Kier molecular flexibility index (Phi) is 3.65. The molecule has 0 radical (unpaired) electrons. The minimum atomic E-state index is 0.174. The molecule has 19 heavy (non-hydrogen) atoms. The Hall–Kier alpha value is -1.61. The Morgan fingerprint density at radius 1 is 1.21 bits per heavy atom. The van der Waals surface area contributed by atoms with Crippen LogP contribution in [0.1, 0.15) is 29.2 Å². The van der Waals surface area contributed by atoms with E-state index < -0.39 is 0 Å². The van der Waals surface area contributed by atoms with Gasteiger partial charge in [-0.3, -0.25) is 4.79 Å². The molecule has 3 rings (SSSR count). The van der Waals surface area contributed by atoms with Gasteiger partial charge in [0.2, 0.25) is 5.91 Å². The molecule has 0 saturated heterocycles. The average molecular weight is 271 g/mol. The molecule has 2 atom stereocenters. The van der Waals surface area contributed by atoms with Crippen LogP contribution in [0.2, 0.25) is 0 Å². The summed E-state index contributed by atoms with van der Waals surface area (Å²) >= 11 is 1.78. The van der Waals surface area contributed by atoms with E-state index in [0.29, 0.717) is 18.4 Å². The largest absolute Gasteiger partial charge is 0.353 e. The second kappa shape index (κ2) is 5.57. The predicted molar refractivity (Wildman–Crippen MR) is 78.4 cm³/mol. The first-order valence-corrected chi connectivity index (χ1v) is 7.57. The van der Waals surface area contributed by atoms with Gasteiger partial charge in [0.05, 0.1) is 0 Å². The monoisotopic (exact) mass is 271 g/mol. The van der Waals surface area contributed by atoms with Crippen molar-refractivity contribution in [1.29, 1.82) is 0 Å². The zero-order valence-electron chi connectivity index (χ0n) is 10.7. The van der Waals surface area contributed by atoms with Gasteiger partial charge in [-0.25, -0.2) is 0 Å². The van der Waals surface area contributed by atoms with Gasteiger partial charge in [-0.05, 0) is 29.9 Å². The summed E-state index contributed by atoms with van der Waals surface area (Å²) in [5, 5.41) is 5.23. The average Bonchev–Trinajstić information content (AvgIpc) is 2.99. The van der Waals surface area contributed by atoms with E-state index in [1.807, 2.05) is 18.2 Å². The molecule has 1 aliphatic carbocycles. The molecule has 1 aromatic carbocycles. The van der Waals surface area contributed by atoms with Gasteiger partial charge in [0.25, 0.3) is 0 Å². The van der Waals surface area contributed by atoms with Crippen LogP contribution in [0.25, 0.3) is 0 Å². The summed E-state index contributed by atoms with van der Waals surface area (Å²) in [5.74, 6) is 0.730. The number of thiophene rings is 1. The molecule has 0 aliphatic heterocycles. The molecular weight excluding hydrogens is 254 g/mol. The van der Waals surface area contributed by atoms with E-state index in [1.165, 1.54) is 10.4 Å². The second-order valence-electron chi connectivity index (χ2n) is 5.02. The molecule has 1 amide bonds. The van der Waals surface area contributed by atoms with Crippen LogP contribution < -0.4 is 5.32 Å². The van der Waals surface area contributed by atoms with Crippen LogP contribution in [0.3, 0.4) is 0 Å². The van der Waals surface area contributed by atoms with Crippen LogP contribution in [0.5, 0.6) is 0 Å². The molecule has 2 nitrogen and oxygen atoms in total. The van der Waals surface area contributed by atoms with Gasteiger partial charge in [-0.2, -0.15) is 0 Å². The highest BCUT2D eigenvalue weighted by molar-refractivity contribution is 7.10. The van der Waals surface area contributed by atoms with Crippen molar-refractivity contribution in [2.45, 2.75) is 31.2 Å². The second-order valence-corrected chi connectivity index (χ2v) is 6.00. The molecule has 1 N–H and O–H groups in total. The summed E-state index contributed by atoms with van der Waals surface area (Å²) in [6, 6.07) is 14.8. The number of amides is 1. The summed E-state index contributed by atoms with van der Waals surface area (Å²) < 4.78 is 0. The van der Waals surface area contributed by atoms with Gasteiger partial charge in [0.1, 0.15) is 0 Å². The number of aryl methyl sites for hydroxylation is 1. The Labute approximate surface area is 117 Å². The number of rotatable bonds is 5. The smallest absolute Gasteiger partial charge is 0.220 e. The molecular formula is C16H17NOS. The Morgan fingerprint density at radius 2 is 2.05 bits per heavy atom. The number of carbonyl (C=O) groups excluding carboxylic acids is 1. The van der Waals surface area contributed by atoms with E-state index in [4.69, 9.17) is 0 Å². The molecule has 1 fully saturated rings. The third kappa shape index (κ3) is 3.24. The van der Waals surface area contributed by atoms with Crippen molar-refractivity contribution in [3.63, 3.8) is 0 Å². The highest BCUT2D eigenvalue weighted by Gasteiger charge is 2.39. The number of hydrogen-bond donors (Lipinski definition) is 1. The molecule has 2 unspecified atom stereocenters. The maximum Gasteiger partial charge on any atom is 0.220 e. The number of benzene rings is 1. The van der Waals surface area contributed by atoms with E-state index in [0.717, 1.165) is 12.8 Å². The summed E-state index contributed by atoms with van der Waals surface area (Å²) in [6.07, 6.45) is 2.50. The molecule has 1 heterocycles. The van der Waals surface area contributed by atoms with Crippen molar-refractivity contribution in [3.8, 4) is 0 Å². The number of nitrogens with one attached hydrogen (secondary N) is 1. The third-order valence-electron chi connectivity index (χ3n) is 3.53. The van der Waals surface area contributed by atoms with Gasteiger partial charge in [0, 0.05) is 23.3 Å². The maximum absolute atomic E-state index is 11.9. The Morgan fingerprint density at radius 3 is 2.79 bits per heavy atom. The zero-order valence-corrected chi connectivity index (χ0v) is 11.5. The first-order chi connectivity index (χ1) is 9.33. The fraction of sp³-hybridized carbons (Fsp3) is 0.312. The minimum Gasteiger partial charge on any atom is -0.353 e. The lowest BCUT2D eigenvalue weighted by molar-refractivity contribution is -0.121. The first kappa shape index (κ1) is 12.4. The van der Waals surface area contributed by atoms with E-state index >= 15 is 0 Å². The summed E-state index contributed by atoms with van der Waals surface area (Å²) in [4.78, 5) is 13.3. The summed E-state index contributed by atoms with van der Waals surface area (Å²) in [6.45, 7) is 0. The quantitative estimate of drug-likeness (QED) is 0.887. The van der Waals surface area contributed by atoms with Gasteiger partial charge in [0.15, 0.2) is 0 Å². The van der Waals surface area contributed by atoms with Crippen molar-refractivity contribution in [2.75, 3.05) is 0 Å². The Bertz CT molecular complexity index is 535. The van der Waals surface area contributed by atoms with Gasteiger partial charge < -0.3 is 5.32 Å². The van der Waals surface area contributed by atoms with Gasteiger partial charge >= 0.3 is 0 Å². The van der Waals surface area contributed by atoms with Gasteiger partial charge in [-0.1, -0.05) is 36.4 Å². The van der Waals surface area contributed by atoms with E-state index in [-0.39, 0.29) is 5.91 Å². The fourth-order valence-corrected chi connectivity index (χ4v) is 3.26. The van der Waals surface area contributed by atoms with Crippen LogP contribution in [-0.4, -0.2) is 11.9 Å². The zero-order chi connectivity index (χ0) is 13.1. The lowest BCUT2D eigenvalue weighted by Gasteiger charge is -2.04. The normalized spacial score (nSPS) is 21.1. The molecule has 2 aromatic rings. The number of carbonyl (C=O) groups is 1. The highest BCUT2D eigenvalue weighted by Crippen LogP contribution is 2.42. The third-order valence-corrected chi connectivity index (χ3v) is 4.53.